The van der Waals surface area contributed by atoms with Gasteiger partial charge in [-0.2, -0.15) is 0 Å². The Labute approximate surface area is 126 Å². The number of fused-ring (bicyclic) bond motifs is 3. The lowest BCUT2D eigenvalue weighted by Gasteiger charge is -2.36. The molecule has 0 saturated carbocycles. The monoisotopic (exact) mass is 305 g/mol. The van der Waals surface area contributed by atoms with Crippen LogP contribution in [0.3, 0.4) is 0 Å². The van der Waals surface area contributed by atoms with Crippen molar-refractivity contribution in [1.82, 2.24) is 0 Å². The molecule has 102 valence electrons. The Morgan fingerprint density at radius 3 is 2.95 bits per heavy atom. The first-order valence-electron chi connectivity index (χ1n) is 6.70. The fraction of sp³-hybridized carbons (Fsp3) is 0.250. The molecule has 2 heterocycles. The van der Waals surface area contributed by atoms with E-state index < -0.39 is 0 Å². The van der Waals surface area contributed by atoms with Crippen molar-refractivity contribution < 1.29 is 4.39 Å². The molecule has 3 atom stereocenters. The highest BCUT2D eigenvalue weighted by Gasteiger charge is 2.38. The van der Waals surface area contributed by atoms with Gasteiger partial charge in [-0.15, -0.1) is 11.3 Å². The van der Waals surface area contributed by atoms with Crippen LogP contribution in [-0.2, 0) is 0 Å². The number of halogens is 2. The van der Waals surface area contributed by atoms with E-state index >= 15 is 0 Å². The second-order valence-corrected chi connectivity index (χ2v) is 7.10. The maximum atomic E-state index is 13.5. The zero-order chi connectivity index (χ0) is 13.7. The quantitative estimate of drug-likeness (QED) is 0.699. The van der Waals surface area contributed by atoms with Crippen LogP contribution in [0.5, 0.6) is 0 Å². The Morgan fingerprint density at radius 2 is 2.15 bits per heavy atom. The van der Waals surface area contributed by atoms with E-state index in [1.165, 1.54) is 10.9 Å². The molecule has 1 aromatic heterocycles. The molecule has 1 aromatic carbocycles. The van der Waals surface area contributed by atoms with Crippen LogP contribution in [0.2, 0.25) is 4.34 Å². The lowest BCUT2D eigenvalue weighted by atomic mass is 9.79. The van der Waals surface area contributed by atoms with Gasteiger partial charge in [0.2, 0.25) is 0 Å². The average molecular weight is 306 g/mol. The molecule has 2 aliphatic rings. The molecular weight excluding hydrogens is 293 g/mol. The summed E-state index contributed by atoms with van der Waals surface area (Å²) in [7, 11) is 0. The third-order valence-corrected chi connectivity index (χ3v) is 5.54. The summed E-state index contributed by atoms with van der Waals surface area (Å²) in [6.07, 6.45) is 5.44. The molecule has 0 spiro atoms. The summed E-state index contributed by atoms with van der Waals surface area (Å²) in [6, 6.07) is 9.31. The number of hydrogen-bond donors (Lipinski definition) is 1. The zero-order valence-electron chi connectivity index (χ0n) is 10.6. The number of rotatable bonds is 1. The SMILES string of the molecule is Fc1ccc2c(c1)[C@@H]1C=CC[C@@H]1C(c1ccc(Cl)s1)N2. The zero-order valence-corrected chi connectivity index (χ0v) is 12.2. The standard InChI is InChI=1S/C16H13ClFNS/c17-15-7-6-14(20-15)16-11-3-1-2-10(11)12-8-9(18)4-5-13(12)19-16/h1-2,4-8,10-11,16,19H,3H2/t10-,11+,16?/m1/s1. The van der Waals surface area contributed by atoms with Crippen molar-refractivity contribution in [2.45, 2.75) is 18.4 Å². The van der Waals surface area contributed by atoms with Crippen molar-refractivity contribution in [2.75, 3.05) is 5.32 Å². The third-order valence-electron chi connectivity index (χ3n) is 4.23. The number of allylic oxidation sites excluding steroid dienone is 2. The third kappa shape index (κ3) is 1.88. The van der Waals surface area contributed by atoms with Crippen LogP contribution in [0.4, 0.5) is 10.1 Å². The molecule has 4 rings (SSSR count). The van der Waals surface area contributed by atoms with Gasteiger partial charge >= 0.3 is 0 Å². The van der Waals surface area contributed by atoms with Gasteiger partial charge in [0.1, 0.15) is 5.82 Å². The van der Waals surface area contributed by atoms with Gasteiger partial charge in [-0.05, 0) is 48.2 Å². The summed E-state index contributed by atoms with van der Waals surface area (Å²) in [5.74, 6) is 0.578. The Bertz CT molecular complexity index is 694. The summed E-state index contributed by atoms with van der Waals surface area (Å²) in [5.41, 5.74) is 2.11. The molecule has 1 nitrogen and oxygen atoms in total. The maximum absolute atomic E-state index is 13.5. The number of nitrogens with one attached hydrogen (secondary N) is 1. The van der Waals surface area contributed by atoms with E-state index in [1.807, 2.05) is 12.1 Å². The summed E-state index contributed by atoms with van der Waals surface area (Å²) in [6.45, 7) is 0. The van der Waals surface area contributed by atoms with Gasteiger partial charge in [0.15, 0.2) is 0 Å². The number of anilines is 1. The molecule has 0 amide bonds. The highest BCUT2D eigenvalue weighted by molar-refractivity contribution is 7.16. The molecule has 20 heavy (non-hydrogen) atoms. The van der Waals surface area contributed by atoms with Crippen LogP contribution >= 0.6 is 22.9 Å². The normalized spacial score (nSPS) is 27.0. The second-order valence-electron chi connectivity index (χ2n) is 5.35. The lowest BCUT2D eigenvalue weighted by Crippen LogP contribution is -2.28. The Kier molecular flexibility index (Phi) is 2.86. The molecule has 1 N–H and O–H groups in total. The van der Waals surface area contributed by atoms with E-state index in [9.17, 15) is 4.39 Å². The van der Waals surface area contributed by atoms with E-state index in [4.69, 9.17) is 11.6 Å². The average Bonchev–Trinajstić information content (AvgIpc) is 3.07. The Hall–Kier alpha value is -1.32. The van der Waals surface area contributed by atoms with Gasteiger partial charge in [-0.25, -0.2) is 4.39 Å². The minimum absolute atomic E-state index is 0.165. The van der Waals surface area contributed by atoms with Gasteiger partial charge < -0.3 is 5.32 Å². The number of hydrogen-bond acceptors (Lipinski definition) is 2. The van der Waals surface area contributed by atoms with Crippen LogP contribution in [0, 0.1) is 11.7 Å². The van der Waals surface area contributed by atoms with Crippen LogP contribution in [-0.4, -0.2) is 0 Å². The van der Waals surface area contributed by atoms with E-state index in [0.717, 1.165) is 22.0 Å². The summed E-state index contributed by atoms with van der Waals surface area (Å²) >= 11 is 7.69. The predicted octanol–water partition coefficient (Wildman–Crippen LogP) is 5.37. The van der Waals surface area contributed by atoms with Crippen LogP contribution in [0.15, 0.2) is 42.5 Å². The highest BCUT2D eigenvalue weighted by Crippen LogP contribution is 2.51. The van der Waals surface area contributed by atoms with Gasteiger partial charge in [-0.3, -0.25) is 0 Å². The molecular formula is C16H13ClFNS. The smallest absolute Gasteiger partial charge is 0.123 e. The first-order chi connectivity index (χ1) is 9.72. The van der Waals surface area contributed by atoms with Crippen LogP contribution < -0.4 is 5.32 Å². The predicted molar refractivity (Wildman–Crippen MR) is 82.1 cm³/mol. The van der Waals surface area contributed by atoms with Crippen molar-refractivity contribution in [3.8, 4) is 0 Å². The van der Waals surface area contributed by atoms with Gasteiger partial charge in [-0.1, -0.05) is 23.8 Å². The van der Waals surface area contributed by atoms with E-state index in [1.54, 1.807) is 17.4 Å². The summed E-state index contributed by atoms with van der Waals surface area (Å²) < 4.78 is 14.3. The van der Waals surface area contributed by atoms with Gasteiger partial charge in [0.25, 0.3) is 0 Å². The topological polar surface area (TPSA) is 12.0 Å². The molecule has 4 heteroatoms. The summed E-state index contributed by atoms with van der Waals surface area (Å²) in [4.78, 5) is 1.25. The molecule has 0 radical (unpaired) electrons. The molecule has 0 fully saturated rings. The van der Waals surface area contributed by atoms with Gasteiger partial charge in [0, 0.05) is 16.5 Å². The van der Waals surface area contributed by atoms with Gasteiger partial charge in [0.05, 0.1) is 10.4 Å². The van der Waals surface area contributed by atoms with Crippen LogP contribution in [0.25, 0.3) is 0 Å². The second kappa shape index (κ2) is 4.61. The van der Waals surface area contributed by atoms with Crippen molar-refractivity contribution in [3.63, 3.8) is 0 Å². The van der Waals surface area contributed by atoms with Crippen molar-refractivity contribution in [1.29, 1.82) is 0 Å². The minimum Gasteiger partial charge on any atom is -0.377 e. The number of thiophene rings is 1. The lowest BCUT2D eigenvalue weighted by molar-refractivity contribution is 0.428. The molecule has 2 aromatic rings. The first kappa shape index (κ1) is 12.4. The van der Waals surface area contributed by atoms with Crippen molar-refractivity contribution in [3.05, 3.63) is 63.1 Å². The largest absolute Gasteiger partial charge is 0.377 e. The molecule has 1 unspecified atom stereocenters. The maximum Gasteiger partial charge on any atom is 0.123 e. The Balaban J connectivity index is 1.80. The first-order valence-corrected chi connectivity index (χ1v) is 7.90. The summed E-state index contributed by atoms with van der Waals surface area (Å²) in [5, 5.41) is 3.57. The molecule has 1 aliphatic carbocycles. The Morgan fingerprint density at radius 1 is 1.25 bits per heavy atom. The fourth-order valence-electron chi connectivity index (χ4n) is 3.34. The van der Waals surface area contributed by atoms with Crippen molar-refractivity contribution >= 4 is 28.6 Å². The van der Waals surface area contributed by atoms with Crippen molar-refractivity contribution in [2.24, 2.45) is 5.92 Å². The molecule has 0 bridgehead atoms. The number of benzene rings is 1. The molecule has 1 aliphatic heterocycles. The van der Waals surface area contributed by atoms with E-state index in [2.05, 4.69) is 23.5 Å². The minimum atomic E-state index is -0.165. The fourth-order valence-corrected chi connectivity index (χ4v) is 4.53. The molecule has 0 saturated heterocycles. The van der Waals surface area contributed by atoms with Crippen LogP contribution in [0.1, 0.15) is 28.8 Å². The van der Waals surface area contributed by atoms with E-state index in [0.29, 0.717) is 11.8 Å². The highest BCUT2D eigenvalue weighted by atomic mass is 35.5. The van der Waals surface area contributed by atoms with E-state index in [-0.39, 0.29) is 11.9 Å².